The molecule has 1 aromatic carbocycles. The maximum Gasteiger partial charge on any atom is 0.231 e. The van der Waals surface area contributed by atoms with Crippen molar-refractivity contribution in [2.45, 2.75) is 40.0 Å². The van der Waals surface area contributed by atoms with Crippen LogP contribution in [0.1, 0.15) is 40.0 Å². The Bertz CT molecular complexity index is 850. The highest BCUT2D eigenvalue weighted by molar-refractivity contribution is 7.26. The SMILES string of the molecule is CCC(CC)(CC)C(=O)Nc1nn(C)c2c1sc1ccccc12. The summed E-state index contributed by atoms with van der Waals surface area (Å²) in [5.74, 6) is 0.774. The van der Waals surface area contributed by atoms with Crippen LogP contribution in [0.15, 0.2) is 24.3 Å². The van der Waals surface area contributed by atoms with Gasteiger partial charge in [0.2, 0.25) is 5.91 Å². The van der Waals surface area contributed by atoms with E-state index in [9.17, 15) is 4.79 Å². The second kappa shape index (κ2) is 5.96. The smallest absolute Gasteiger partial charge is 0.231 e. The zero-order chi connectivity index (χ0) is 16.6. The van der Waals surface area contributed by atoms with E-state index in [-0.39, 0.29) is 11.3 Å². The summed E-state index contributed by atoms with van der Waals surface area (Å²) in [7, 11) is 1.93. The fraction of sp³-hybridized carbons (Fsp3) is 0.444. The summed E-state index contributed by atoms with van der Waals surface area (Å²) in [4.78, 5) is 12.8. The second-order valence-corrected chi connectivity index (χ2v) is 7.10. The lowest BCUT2D eigenvalue weighted by Gasteiger charge is -2.28. The van der Waals surface area contributed by atoms with Gasteiger partial charge in [0.25, 0.3) is 0 Å². The number of carbonyl (C=O) groups is 1. The topological polar surface area (TPSA) is 46.9 Å². The monoisotopic (exact) mass is 329 g/mol. The summed E-state index contributed by atoms with van der Waals surface area (Å²) in [6.45, 7) is 6.25. The van der Waals surface area contributed by atoms with E-state index in [1.54, 1.807) is 11.3 Å². The van der Waals surface area contributed by atoms with E-state index in [2.05, 4.69) is 43.3 Å². The Morgan fingerprint density at radius 3 is 2.52 bits per heavy atom. The van der Waals surface area contributed by atoms with E-state index in [0.29, 0.717) is 5.82 Å². The number of benzene rings is 1. The number of thiophene rings is 1. The Labute approximate surface area is 140 Å². The minimum atomic E-state index is -0.305. The number of nitrogens with zero attached hydrogens (tertiary/aromatic N) is 2. The van der Waals surface area contributed by atoms with Crippen molar-refractivity contribution in [3.05, 3.63) is 24.3 Å². The number of hydrogen-bond acceptors (Lipinski definition) is 3. The van der Waals surface area contributed by atoms with Crippen LogP contribution in [-0.4, -0.2) is 15.7 Å². The number of nitrogens with one attached hydrogen (secondary N) is 1. The number of anilines is 1. The van der Waals surface area contributed by atoms with Gasteiger partial charge in [0, 0.05) is 22.5 Å². The minimum absolute atomic E-state index is 0.0856. The molecule has 0 aliphatic rings. The quantitative estimate of drug-likeness (QED) is 0.720. The van der Waals surface area contributed by atoms with Gasteiger partial charge >= 0.3 is 0 Å². The molecule has 0 aliphatic heterocycles. The number of carbonyl (C=O) groups excluding carboxylic acids is 1. The Kier molecular flexibility index (Phi) is 4.15. The lowest BCUT2D eigenvalue weighted by Crippen LogP contribution is -2.34. The summed E-state index contributed by atoms with van der Waals surface area (Å²) in [6.07, 6.45) is 2.52. The summed E-state index contributed by atoms with van der Waals surface area (Å²) in [5, 5.41) is 8.84. The Hall–Kier alpha value is -1.88. The Morgan fingerprint density at radius 1 is 1.22 bits per heavy atom. The highest BCUT2D eigenvalue weighted by Gasteiger charge is 2.33. The summed E-state index contributed by atoms with van der Waals surface area (Å²) < 4.78 is 4.15. The Balaban J connectivity index is 2.06. The van der Waals surface area contributed by atoms with E-state index >= 15 is 0 Å². The fourth-order valence-electron chi connectivity index (χ4n) is 3.31. The van der Waals surface area contributed by atoms with Gasteiger partial charge in [0.1, 0.15) is 0 Å². The molecule has 0 aliphatic carbocycles. The molecule has 0 saturated carbocycles. The molecule has 23 heavy (non-hydrogen) atoms. The highest BCUT2D eigenvalue weighted by Crippen LogP contribution is 2.39. The van der Waals surface area contributed by atoms with Crippen molar-refractivity contribution in [1.82, 2.24) is 9.78 Å². The first-order valence-electron chi connectivity index (χ1n) is 8.22. The zero-order valence-electron chi connectivity index (χ0n) is 14.1. The zero-order valence-corrected chi connectivity index (χ0v) is 15.0. The first kappa shape index (κ1) is 16.0. The molecule has 0 spiro atoms. The maximum absolute atomic E-state index is 12.8. The van der Waals surface area contributed by atoms with Gasteiger partial charge in [-0.3, -0.25) is 9.48 Å². The molecule has 5 heteroatoms. The average Bonchev–Trinajstić information content (AvgIpc) is 3.08. The van der Waals surface area contributed by atoms with Gasteiger partial charge in [-0.15, -0.1) is 11.3 Å². The number of aromatic nitrogens is 2. The molecular weight excluding hydrogens is 306 g/mol. The minimum Gasteiger partial charge on any atom is -0.308 e. The summed E-state index contributed by atoms with van der Waals surface area (Å²) in [6, 6.07) is 8.30. The number of amides is 1. The molecule has 4 nitrogen and oxygen atoms in total. The van der Waals surface area contributed by atoms with Gasteiger partial charge in [0.05, 0.1) is 10.2 Å². The molecule has 1 N–H and O–H groups in total. The van der Waals surface area contributed by atoms with Crippen LogP contribution < -0.4 is 5.32 Å². The molecule has 0 atom stereocenters. The first-order chi connectivity index (χ1) is 11.1. The first-order valence-corrected chi connectivity index (χ1v) is 9.03. The van der Waals surface area contributed by atoms with Crippen molar-refractivity contribution in [3.63, 3.8) is 0 Å². The lowest BCUT2D eigenvalue weighted by atomic mass is 9.79. The lowest BCUT2D eigenvalue weighted by molar-refractivity contribution is -0.126. The third-order valence-corrected chi connectivity index (χ3v) is 6.27. The van der Waals surface area contributed by atoms with Gasteiger partial charge in [-0.25, -0.2) is 0 Å². The number of aryl methyl sites for hydroxylation is 1. The van der Waals surface area contributed by atoms with E-state index < -0.39 is 0 Å². The van der Waals surface area contributed by atoms with Gasteiger partial charge in [-0.1, -0.05) is 39.0 Å². The molecule has 3 rings (SSSR count). The van der Waals surface area contributed by atoms with Crippen molar-refractivity contribution in [2.24, 2.45) is 12.5 Å². The number of rotatable bonds is 5. The highest BCUT2D eigenvalue weighted by atomic mass is 32.1. The molecule has 0 fully saturated rings. The van der Waals surface area contributed by atoms with Gasteiger partial charge in [0.15, 0.2) is 5.82 Å². The van der Waals surface area contributed by atoms with Crippen LogP contribution in [0, 0.1) is 5.41 Å². The van der Waals surface area contributed by atoms with E-state index in [1.807, 2.05) is 23.9 Å². The van der Waals surface area contributed by atoms with Crippen LogP contribution in [-0.2, 0) is 11.8 Å². The third kappa shape index (κ3) is 2.43. The second-order valence-electron chi connectivity index (χ2n) is 6.04. The summed E-state index contributed by atoms with van der Waals surface area (Å²) >= 11 is 1.69. The number of hydrogen-bond donors (Lipinski definition) is 1. The van der Waals surface area contributed by atoms with Crippen LogP contribution in [0.5, 0.6) is 0 Å². The standard InChI is InChI=1S/C18H23N3OS/c1-5-18(6-2,7-3)17(22)19-16-15-14(21(4)20-16)12-10-8-9-11-13(12)23-15/h8-11H,5-7H2,1-4H3,(H,19,20,22). The molecule has 2 aromatic heterocycles. The van der Waals surface area contributed by atoms with Gasteiger partial charge in [-0.05, 0) is 25.3 Å². The third-order valence-electron chi connectivity index (χ3n) is 5.10. The van der Waals surface area contributed by atoms with Crippen LogP contribution in [0.2, 0.25) is 0 Å². The molecular formula is C18H23N3OS. The Morgan fingerprint density at radius 2 is 1.87 bits per heavy atom. The molecule has 0 saturated heterocycles. The van der Waals surface area contributed by atoms with Crippen molar-refractivity contribution in [1.29, 1.82) is 0 Å². The van der Waals surface area contributed by atoms with E-state index in [4.69, 9.17) is 0 Å². The van der Waals surface area contributed by atoms with Crippen LogP contribution in [0.4, 0.5) is 5.82 Å². The number of fused-ring (bicyclic) bond motifs is 3. The maximum atomic E-state index is 12.8. The van der Waals surface area contributed by atoms with Crippen LogP contribution in [0.25, 0.3) is 20.3 Å². The van der Waals surface area contributed by atoms with Crippen molar-refractivity contribution < 1.29 is 4.79 Å². The van der Waals surface area contributed by atoms with Crippen molar-refractivity contribution in [3.8, 4) is 0 Å². The molecule has 0 bridgehead atoms. The summed E-state index contributed by atoms with van der Waals surface area (Å²) in [5.41, 5.74) is 0.788. The van der Waals surface area contributed by atoms with Gasteiger partial charge < -0.3 is 5.32 Å². The molecule has 1 amide bonds. The fourth-order valence-corrected chi connectivity index (χ4v) is 4.48. The van der Waals surface area contributed by atoms with E-state index in [1.165, 1.54) is 10.1 Å². The predicted octanol–water partition coefficient (Wildman–Crippen LogP) is 4.94. The molecule has 122 valence electrons. The molecule has 0 radical (unpaired) electrons. The van der Waals surface area contributed by atoms with Crippen molar-refractivity contribution in [2.75, 3.05) is 5.32 Å². The largest absolute Gasteiger partial charge is 0.308 e. The molecule has 3 aromatic rings. The molecule has 0 unspecified atom stereocenters. The van der Waals surface area contributed by atoms with E-state index in [0.717, 1.165) is 29.5 Å². The van der Waals surface area contributed by atoms with Gasteiger partial charge in [-0.2, -0.15) is 5.10 Å². The van der Waals surface area contributed by atoms with Crippen LogP contribution >= 0.6 is 11.3 Å². The normalized spacial score (nSPS) is 12.2. The van der Waals surface area contributed by atoms with Crippen LogP contribution in [0.3, 0.4) is 0 Å². The van der Waals surface area contributed by atoms with Crippen molar-refractivity contribution >= 4 is 43.4 Å². The predicted molar refractivity (Wildman–Crippen MR) is 98.0 cm³/mol. The average molecular weight is 329 g/mol. The molecule has 2 heterocycles.